The first-order chi connectivity index (χ1) is 14.2. The summed E-state index contributed by atoms with van der Waals surface area (Å²) >= 11 is 3.45. The molecule has 0 N–H and O–H groups in total. The van der Waals surface area contributed by atoms with Crippen molar-refractivity contribution in [1.29, 1.82) is 0 Å². The number of hydrogen-bond donors (Lipinski definition) is 0. The molecule has 29 heavy (non-hydrogen) atoms. The summed E-state index contributed by atoms with van der Waals surface area (Å²) in [6, 6.07) is 10.2. The largest absolute Gasteiger partial charge is 0.497 e. The lowest BCUT2D eigenvalue weighted by Crippen LogP contribution is -2.31. The van der Waals surface area contributed by atoms with E-state index in [2.05, 4.69) is 27.8 Å². The molecular weight excluding hydrogens is 404 g/mol. The molecule has 1 aliphatic heterocycles. The molecule has 5 nitrogen and oxygen atoms in total. The maximum atomic E-state index is 5.88. The number of ether oxygens (including phenoxy) is 3. The first-order valence-electron chi connectivity index (χ1n) is 9.78. The smallest absolute Gasteiger partial charge is 0.132 e. The van der Waals surface area contributed by atoms with Crippen LogP contribution >= 0.6 is 22.7 Å². The van der Waals surface area contributed by atoms with Gasteiger partial charge in [-0.25, -0.2) is 4.98 Å². The number of benzene rings is 1. The minimum atomic E-state index is 0.328. The van der Waals surface area contributed by atoms with Gasteiger partial charge in [-0.1, -0.05) is 6.07 Å². The number of hydrogen-bond acceptors (Lipinski definition) is 7. The fourth-order valence-corrected chi connectivity index (χ4v) is 5.18. The fraction of sp³-hybridized carbons (Fsp3) is 0.409. The molecule has 4 rings (SSSR count). The van der Waals surface area contributed by atoms with Gasteiger partial charge in [-0.15, -0.1) is 22.7 Å². The second-order valence-corrected chi connectivity index (χ2v) is 8.98. The topological polar surface area (TPSA) is 43.8 Å². The van der Waals surface area contributed by atoms with Crippen LogP contribution in [-0.2, 0) is 17.8 Å². The zero-order valence-electron chi connectivity index (χ0n) is 16.8. The average Bonchev–Trinajstić information content (AvgIpc) is 3.51. The second kappa shape index (κ2) is 9.71. The zero-order chi connectivity index (χ0) is 20.1. The van der Waals surface area contributed by atoms with Crippen LogP contribution in [0.4, 0.5) is 0 Å². The van der Waals surface area contributed by atoms with Gasteiger partial charge in [0.05, 0.1) is 31.6 Å². The molecule has 3 heterocycles. The Labute approximate surface area is 179 Å². The van der Waals surface area contributed by atoms with Gasteiger partial charge in [0.25, 0.3) is 0 Å². The molecule has 0 spiro atoms. The molecule has 1 atom stereocenters. The van der Waals surface area contributed by atoms with E-state index in [0.717, 1.165) is 66.8 Å². The molecule has 3 aromatic rings. The zero-order valence-corrected chi connectivity index (χ0v) is 18.4. The van der Waals surface area contributed by atoms with Gasteiger partial charge in [0.2, 0.25) is 0 Å². The molecule has 2 aromatic heterocycles. The Morgan fingerprint density at radius 1 is 1.17 bits per heavy atom. The van der Waals surface area contributed by atoms with Crippen molar-refractivity contribution in [2.24, 2.45) is 0 Å². The SMILES string of the molecule is COc1ccc(-c2nc(CN(Cc3cccs3)C[C@@H]3CCCO3)cs2)c(OC)c1. The van der Waals surface area contributed by atoms with E-state index in [0.29, 0.717) is 6.10 Å². The van der Waals surface area contributed by atoms with Crippen molar-refractivity contribution in [2.75, 3.05) is 27.4 Å². The predicted molar refractivity (Wildman–Crippen MR) is 118 cm³/mol. The van der Waals surface area contributed by atoms with E-state index in [4.69, 9.17) is 19.2 Å². The van der Waals surface area contributed by atoms with Crippen molar-refractivity contribution in [3.63, 3.8) is 0 Å². The summed E-state index contributed by atoms with van der Waals surface area (Å²) in [6.07, 6.45) is 2.64. The molecule has 0 unspecified atom stereocenters. The van der Waals surface area contributed by atoms with E-state index in [1.54, 1.807) is 36.9 Å². The number of aromatic nitrogens is 1. The Bertz CT molecular complexity index is 905. The minimum absolute atomic E-state index is 0.328. The summed E-state index contributed by atoms with van der Waals surface area (Å²) in [5.41, 5.74) is 2.07. The van der Waals surface area contributed by atoms with Gasteiger partial charge >= 0.3 is 0 Å². The van der Waals surface area contributed by atoms with Crippen molar-refractivity contribution >= 4 is 22.7 Å². The van der Waals surface area contributed by atoms with Gasteiger partial charge in [0.15, 0.2) is 0 Å². The van der Waals surface area contributed by atoms with Crippen LogP contribution in [0, 0.1) is 0 Å². The maximum absolute atomic E-state index is 5.88. The monoisotopic (exact) mass is 430 g/mol. The van der Waals surface area contributed by atoms with Crippen LogP contribution in [0.5, 0.6) is 11.5 Å². The van der Waals surface area contributed by atoms with Crippen LogP contribution in [0.1, 0.15) is 23.4 Å². The molecule has 7 heteroatoms. The average molecular weight is 431 g/mol. The van der Waals surface area contributed by atoms with Gasteiger partial charge in [0, 0.05) is 42.6 Å². The first-order valence-corrected chi connectivity index (χ1v) is 11.5. The Balaban J connectivity index is 1.50. The van der Waals surface area contributed by atoms with Crippen LogP contribution in [-0.4, -0.2) is 43.4 Å². The molecule has 1 fully saturated rings. The van der Waals surface area contributed by atoms with Gasteiger partial charge < -0.3 is 14.2 Å². The van der Waals surface area contributed by atoms with Crippen molar-refractivity contribution in [1.82, 2.24) is 9.88 Å². The number of methoxy groups -OCH3 is 2. The van der Waals surface area contributed by atoms with Crippen LogP contribution in [0.2, 0.25) is 0 Å². The van der Waals surface area contributed by atoms with E-state index in [9.17, 15) is 0 Å². The van der Waals surface area contributed by atoms with Gasteiger partial charge in [-0.3, -0.25) is 4.90 Å². The molecule has 0 aliphatic carbocycles. The highest BCUT2D eigenvalue weighted by atomic mass is 32.1. The van der Waals surface area contributed by atoms with Crippen LogP contribution in [0.25, 0.3) is 10.6 Å². The molecular formula is C22H26N2O3S2. The summed E-state index contributed by atoms with van der Waals surface area (Å²) < 4.78 is 16.7. The highest BCUT2D eigenvalue weighted by molar-refractivity contribution is 7.13. The quantitative estimate of drug-likeness (QED) is 0.474. The van der Waals surface area contributed by atoms with E-state index in [-0.39, 0.29) is 0 Å². The summed E-state index contributed by atoms with van der Waals surface area (Å²) in [4.78, 5) is 8.73. The summed E-state index contributed by atoms with van der Waals surface area (Å²) in [7, 11) is 3.34. The molecule has 0 saturated carbocycles. The first kappa shape index (κ1) is 20.3. The number of thiazole rings is 1. The fourth-order valence-electron chi connectivity index (χ4n) is 3.59. The molecule has 0 radical (unpaired) electrons. The third-order valence-electron chi connectivity index (χ3n) is 5.02. The van der Waals surface area contributed by atoms with E-state index in [1.807, 2.05) is 18.2 Å². The molecule has 1 aliphatic rings. The standard InChI is InChI=1S/C22H26N2O3S2/c1-25-17-7-8-20(21(11-17)26-2)22-23-16(15-29-22)12-24(13-18-5-3-9-27-18)14-19-6-4-10-28-19/h4,6-8,10-11,15,18H,3,5,9,12-14H2,1-2H3/t18-/m0/s1. The summed E-state index contributed by atoms with van der Waals surface area (Å²) in [5, 5.41) is 5.25. The Kier molecular flexibility index (Phi) is 6.82. The number of nitrogens with zero attached hydrogens (tertiary/aromatic N) is 2. The van der Waals surface area contributed by atoms with Crippen LogP contribution < -0.4 is 9.47 Å². The third kappa shape index (κ3) is 5.17. The summed E-state index contributed by atoms with van der Waals surface area (Å²) in [5.74, 6) is 1.56. The van der Waals surface area contributed by atoms with Gasteiger partial charge in [-0.2, -0.15) is 0 Å². The summed E-state index contributed by atoms with van der Waals surface area (Å²) in [6.45, 7) is 3.56. The normalized spacial score (nSPS) is 16.4. The van der Waals surface area contributed by atoms with Gasteiger partial charge in [-0.05, 0) is 36.4 Å². The second-order valence-electron chi connectivity index (χ2n) is 7.09. The predicted octanol–water partition coefficient (Wildman–Crippen LogP) is 5.07. The maximum Gasteiger partial charge on any atom is 0.132 e. The lowest BCUT2D eigenvalue weighted by molar-refractivity contribution is 0.0679. The lowest BCUT2D eigenvalue weighted by atomic mass is 10.2. The minimum Gasteiger partial charge on any atom is -0.497 e. The highest BCUT2D eigenvalue weighted by Crippen LogP contribution is 2.35. The third-order valence-corrected chi connectivity index (χ3v) is 6.81. The van der Waals surface area contributed by atoms with E-state index >= 15 is 0 Å². The highest BCUT2D eigenvalue weighted by Gasteiger charge is 2.21. The molecule has 0 bridgehead atoms. The molecule has 1 saturated heterocycles. The Morgan fingerprint density at radius 3 is 2.83 bits per heavy atom. The molecule has 0 amide bonds. The van der Waals surface area contributed by atoms with Crippen molar-refractivity contribution in [3.8, 4) is 22.1 Å². The number of thiophene rings is 1. The van der Waals surface area contributed by atoms with Gasteiger partial charge in [0.1, 0.15) is 16.5 Å². The van der Waals surface area contributed by atoms with Crippen molar-refractivity contribution < 1.29 is 14.2 Å². The molecule has 154 valence electrons. The van der Waals surface area contributed by atoms with Crippen molar-refractivity contribution in [2.45, 2.75) is 32.0 Å². The van der Waals surface area contributed by atoms with E-state index < -0.39 is 0 Å². The lowest BCUT2D eigenvalue weighted by Gasteiger charge is -2.24. The Morgan fingerprint density at radius 2 is 2.10 bits per heavy atom. The van der Waals surface area contributed by atoms with Crippen LogP contribution in [0.15, 0.2) is 41.1 Å². The van der Waals surface area contributed by atoms with E-state index in [1.165, 1.54) is 4.88 Å². The molecule has 1 aromatic carbocycles. The Hall–Kier alpha value is -1.93. The van der Waals surface area contributed by atoms with Crippen LogP contribution in [0.3, 0.4) is 0 Å². The number of rotatable bonds is 9. The van der Waals surface area contributed by atoms with Crippen molar-refractivity contribution in [3.05, 3.63) is 51.7 Å².